The van der Waals surface area contributed by atoms with E-state index < -0.39 is 6.29 Å². The molecule has 4 N–H and O–H groups in total. The predicted molar refractivity (Wildman–Crippen MR) is 62.2 cm³/mol. The first-order valence-electron chi connectivity index (χ1n) is 5.64. The van der Waals surface area contributed by atoms with E-state index in [9.17, 15) is 15.3 Å². The summed E-state index contributed by atoms with van der Waals surface area (Å²) in [6.45, 7) is 1.87. The van der Waals surface area contributed by atoms with Gasteiger partial charge in [0.1, 0.15) is 17.2 Å². The number of aromatic hydroxyl groups is 2. The topological polar surface area (TPSA) is 82.0 Å². The van der Waals surface area contributed by atoms with Crippen molar-refractivity contribution in [2.24, 2.45) is 0 Å². The number of hydrogen-bond donors (Lipinski definition) is 4. The van der Waals surface area contributed by atoms with Gasteiger partial charge in [-0.3, -0.25) is 0 Å². The quantitative estimate of drug-likeness (QED) is 0.619. The Balaban J connectivity index is 2.58. The lowest BCUT2D eigenvalue weighted by molar-refractivity contribution is -0.0330. The minimum atomic E-state index is -0.883. The number of fused-ring (bicyclic) bond motifs is 1. The third-order valence-electron chi connectivity index (χ3n) is 3.14. The van der Waals surface area contributed by atoms with Gasteiger partial charge in [0.25, 0.3) is 0 Å². The van der Waals surface area contributed by atoms with Crippen LogP contribution in [0.1, 0.15) is 30.5 Å². The molecule has 1 aromatic carbocycles. The molecule has 2 rings (SSSR count). The second-order valence-corrected chi connectivity index (χ2v) is 4.26. The Morgan fingerprint density at radius 3 is 2.76 bits per heavy atom. The third-order valence-corrected chi connectivity index (χ3v) is 3.14. The SMILES string of the molecule is CNC(C)c1c(O)cc(O)c2c1O[C@H](O)CC2. The minimum Gasteiger partial charge on any atom is -0.507 e. The molecule has 17 heavy (non-hydrogen) atoms. The highest BCUT2D eigenvalue weighted by Gasteiger charge is 2.27. The number of hydrogen-bond acceptors (Lipinski definition) is 5. The molecule has 1 aliphatic heterocycles. The lowest BCUT2D eigenvalue weighted by atomic mass is 9.96. The highest BCUT2D eigenvalue weighted by molar-refractivity contribution is 5.58. The third kappa shape index (κ3) is 2.03. The molecule has 0 amide bonds. The van der Waals surface area contributed by atoms with E-state index in [1.54, 1.807) is 7.05 Å². The van der Waals surface area contributed by atoms with Crippen LogP contribution in [0.5, 0.6) is 17.2 Å². The molecule has 0 bridgehead atoms. The Hall–Kier alpha value is -1.46. The first-order chi connectivity index (χ1) is 8.04. The van der Waals surface area contributed by atoms with Crippen molar-refractivity contribution in [3.8, 4) is 17.2 Å². The van der Waals surface area contributed by atoms with Gasteiger partial charge < -0.3 is 25.4 Å². The minimum absolute atomic E-state index is 0.0106. The molecule has 0 aliphatic carbocycles. The number of nitrogens with one attached hydrogen (secondary N) is 1. The summed E-state index contributed by atoms with van der Waals surface area (Å²) >= 11 is 0. The van der Waals surface area contributed by atoms with Gasteiger partial charge in [-0.05, 0) is 20.4 Å². The molecule has 1 aromatic rings. The average molecular weight is 239 g/mol. The maximum Gasteiger partial charge on any atom is 0.197 e. The summed E-state index contributed by atoms with van der Waals surface area (Å²) in [4.78, 5) is 0. The fourth-order valence-electron chi connectivity index (χ4n) is 2.09. The van der Waals surface area contributed by atoms with Gasteiger partial charge in [0, 0.05) is 24.1 Å². The van der Waals surface area contributed by atoms with Crippen molar-refractivity contribution < 1.29 is 20.1 Å². The number of aliphatic hydroxyl groups excluding tert-OH is 1. The van der Waals surface area contributed by atoms with Crippen LogP contribution in [0.2, 0.25) is 0 Å². The Morgan fingerprint density at radius 1 is 1.41 bits per heavy atom. The highest BCUT2D eigenvalue weighted by atomic mass is 16.6. The zero-order valence-electron chi connectivity index (χ0n) is 9.90. The molecule has 0 saturated heterocycles. The normalized spacial score (nSPS) is 20.5. The Kier molecular flexibility index (Phi) is 3.13. The van der Waals surface area contributed by atoms with Crippen molar-refractivity contribution in [1.29, 1.82) is 0 Å². The first kappa shape index (κ1) is 12.0. The van der Waals surface area contributed by atoms with Crippen molar-refractivity contribution in [2.75, 3.05) is 7.05 Å². The van der Waals surface area contributed by atoms with Gasteiger partial charge in [-0.15, -0.1) is 0 Å². The molecule has 2 atom stereocenters. The molecule has 0 fully saturated rings. The summed E-state index contributed by atoms with van der Waals surface area (Å²) < 4.78 is 5.34. The highest BCUT2D eigenvalue weighted by Crippen LogP contribution is 2.44. The van der Waals surface area contributed by atoms with E-state index in [-0.39, 0.29) is 17.5 Å². The van der Waals surface area contributed by atoms with E-state index in [0.717, 1.165) is 0 Å². The van der Waals surface area contributed by atoms with Crippen LogP contribution in [0.3, 0.4) is 0 Å². The standard InChI is InChI=1S/C12H17NO4/c1-6(13-2)11-9(15)5-8(14)7-3-4-10(16)17-12(7)11/h5-6,10,13-16H,3-4H2,1-2H3/t6?,10-/m0/s1. The summed E-state index contributed by atoms with van der Waals surface area (Å²) in [5, 5.41) is 32.1. The molecule has 1 unspecified atom stereocenters. The molecule has 0 aromatic heterocycles. The van der Waals surface area contributed by atoms with E-state index in [0.29, 0.717) is 29.7 Å². The molecule has 5 heteroatoms. The van der Waals surface area contributed by atoms with Gasteiger partial charge in [-0.25, -0.2) is 0 Å². The molecule has 94 valence electrons. The molecule has 0 saturated carbocycles. The van der Waals surface area contributed by atoms with E-state index in [1.807, 2.05) is 6.92 Å². The van der Waals surface area contributed by atoms with Crippen molar-refractivity contribution in [1.82, 2.24) is 5.32 Å². The summed E-state index contributed by atoms with van der Waals surface area (Å²) in [5.74, 6) is 0.372. The largest absolute Gasteiger partial charge is 0.507 e. The Morgan fingerprint density at radius 2 is 2.12 bits per heavy atom. The van der Waals surface area contributed by atoms with Crippen LogP contribution in [0.25, 0.3) is 0 Å². The lowest BCUT2D eigenvalue weighted by Crippen LogP contribution is -2.24. The second kappa shape index (κ2) is 4.43. The maximum absolute atomic E-state index is 9.87. The monoisotopic (exact) mass is 239 g/mol. The van der Waals surface area contributed by atoms with Gasteiger partial charge in [0.05, 0.1) is 5.56 Å². The van der Waals surface area contributed by atoms with Gasteiger partial charge >= 0.3 is 0 Å². The Bertz CT molecular complexity index is 433. The van der Waals surface area contributed by atoms with Crippen LogP contribution in [-0.2, 0) is 6.42 Å². The van der Waals surface area contributed by atoms with Crippen LogP contribution < -0.4 is 10.1 Å². The molecule has 5 nitrogen and oxygen atoms in total. The van der Waals surface area contributed by atoms with Crippen LogP contribution in [-0.4, -0.2) is 28.7 Å². The molecular weight excluding hydrogens is 222 g/mol. The van der Waals surface area contributed by atoms with Gasteiger partial charge in [-0.2, -0.15) is 0 Å². The fraction of sp³-hybridized carbons (Fsp3) is 0.500. The molecule has 1 aliphatic rings. The molecule has 1 heterocycles. The van der Waals surface area contributed by atoms with Crippen molar-refractivity contribution in [3.05, 3.63) is 17.2 Å². The zero-order valence-corrected chi connectivity index (χ0v) is 9.90. The van der Waals surface area contributed by atoms with E-state index >= 15 is 0 Å². The summed E-state index contributed by atoms with van der Waals surface area (Å²) in [6.07, 6.45) is 0.0941. The van der Waals surface area contributed by atoms with Crippen LogP contribution in [0.4, 0.5) is 0 Å². The average Bonchev–Trinajstić information content (AvgIpc) is 2.28. The van der Waals surface area contributed by atoms with Crippen LogP contribution in [0, 0.1) is 0 Å². The smallest absolute Gasteiger partial charge is 0.197 e. The second-order valence-electron chi connectivity index (χ2n) is 4.26. The number of phenolic OH excluding ortho intramolecular Hbond substituents is 2. The van der Waals surface area contributed by atoms with E-state index in [1.165, 1.54) is 6.07 Å². The number of ether oxygens (including phenoxy) is 1. The van der Waals surface area contributed by atoms with Crippen molar-refractivity contribution in [2.45, 2.75) is 32.1 Å². The van der Waals surface area contributed by atoms with Crippen molar-refractivity contribution in [3.63, 3.8) is 0 Å². The maximum atomic E-state index is 9.87. The van der Waals surface area contributed by atoms with Crippen LogP contribution in [0.15, 0.2) is 6.07 Å². The zero-order chi connectivity index (χ0) is 12.6. The van der Waals surface area contributed by atoms with E-state index in [4.69, 9.17) is 4.74 Å². The summed E-state index contributed by atoms with van der Waals surface area (Å²) in [6, 6.07) is 1.19. The van der Waals surface area contributed by atoms with Crippen molar-refractivity contribution >= 4 is 0 Å². The summed E-state index contributed by atoms with van der Waals surface area (Å²) in [5.41, 5.74) is 1.21. The van der Waals surface area contributed by atoms with Gasteiger partial charge in [-0.1, -0.05) is 0 Å². The van der Waals surface area contributed by atoms with Gasteiger partial charge in [0.2, 0.25) is 0 Å². The molecule has 0 radical (unpaired) electrons. The van der Waals surface area contributed by atoms with E-state index in [2.05, 4.69) is 5.32 Å². The predicted octanol–water partition coefficient (Wildman–Crippen LogP) is 1.02. The number of rotatable bonds is 2. The Labute approximate surface area is 99.7 Å². The number of benzene rings is 1. The summed E-state index contributed by atoms with van der Waals surface area (Å²) in [7, 11) is 1.77. The number of aliphatic hydroxyl groups is 1. The lowest BCUT2D eigenvalue weighted by Gasteiger charge is -2.27. The number of phenols is 2. The first-order valence-corrected chi connectivity index (χ1v) is 5.64. The van der Waals surface area contributed by atoms with Gasteiger partial charge in [0.15, 0.2) is 6.29 Å². The molecular formula is C12H17NO4. The fourth-order valence-corrected chi connectivity index (χ4v) is 2.09. The molecule has 0 spiro atoms. The van der Waals surface area contributed by atoms with Crippen LogP contribution >= 0.6 is 0 Å².